The van der Waals surface area contributed by atoms with Gasteiger partial charge in [-0.3, -0.25) is 4.90 Å². The number of amides is 2. The molecule has 1 fully saturated rings. The lowest BCUT2D eigenvalue weighted by atomic mass is 10.0. The number of halogens is 2. The lowest BCUT2D eigenvalue weighted by Crippen LogP contribution is -2.49. The Bertz CT molecular complexity index is 504. The number of hydrogen-bond donors (Lipinski definition) is 2. The van der Waals surface area contributed by atoms with Crippen molar-refractivity contribution in [2.45, 2.75) is 45.2 Å². The summed E-state index contributed by atoms with van der Waals surface area (Å²) in [5, 5.41) is 5.20. The van der Waals surface area contributed by atoms with Gasteiger partial charge in [-0.15, -0.1) is 0 Å². The molecule has 6 heteroatoms. The second-order valence-corrected chi connectivity index (χ2v) is 5.92. The maximum absolute atomic E-state index is 13.1. The highest BCUT2D eigenvalue weighted by Gasteiger charge is 2.23. The Hall–Kier alpha value is -1.69. The number of carbonyl (C=O) groups is 1. The standard InChI is InChI=1S/C16H23F2N3O/c1-11-5-3-4-6-21(11)12(2)10-19-16(22)20-15-8-13(17)7-14(18)9-15/h7-9,11-12H,3-6,10H2,1-2H3,(H2,19,20,22)/t11-,12-/m0/s1. The van der Waals surface area contributed by atoms with Gasteiger partial charge in [0, 0.05) is 30.4 Å². The SMILES string of the molecule is C[C@H]1CCCCN1[C@@H](C)CNC(=O)Nc1cc(F)cc(F)c1. The van der Waals surface area contributed by atoms with Crippen LogP contribution in [-0.4, -0.2) is 36.1 Å². The van der Waals surface area contributed by atoms with Gasteiger partial charge in [-0.05, 0) is 45.4 Å². The average Bonchev–Trinajstić information content (AvgIpc) is 2.44. The normalized spacial score (nSPS) is 20.5. The van der Waals surface area contributed by atoms with Crippen molar-refractivity contribution in [3.8, 4) is 0 Å². The van der Waals surface area contributed by atoms with Crippen LogP contribution in [0.1, 0.15) is 33.1 Å². The molecule has 2 rings (SSSR count). The third-order valence-corrected chi connectivity index (χ3v) is 4.10. The van der Waals surface area contributed by atoms with Crippen LogP contribution in [-0.2, 0) is 0 Å². The first kappa shape index (κ1) is 16.7. The molecule has 2 N–H and O–H groups in total. The topological polar surface area (TPSA) is 44.4 Å². The average molecular weight is 311 g/mol. The van der Waals surface area contributed by atoms with Gasteiger partial charge >= 0.3 is 6.03 Å². The second kappa shape index (κ2) is 7.54. The summed E-state index contributed by atoms with van der Waals surface area (Å²) < 4.78 is 26.1. The Morgan fingerprint density at radius 2 is 2.00 bits per heavy atom. The predicted octanol–water partition coefficient (Wildman–Crippen LogP) is 3.35. The van der Waals surface area contributed by atoms with Crippen LogP contribution in [0.4, 0.5) is 19.3 Å². The molecule has 0 radical (unpaired) electrons. The quantitative estimate of drug-likeness (QED) is 0.895. The van der Waals surface area contributed by atoms with Crippen molar-refractivity contribution in [2.24, 2.45) is 0 Å². The number of benzene rings is 1. The zero-order valence-corrected chi connectivity index (χ0v) is 13.0. The van der Waals surface area contributed by atoms with E-state index in [1.807, 2.05) is 0 Å². The molecule has 22 heavy (non-hydrogen) atoms. The van der Waals surface area contributed by atoms with E-state index in [1.54, 1.807) is 0 Å². The number of likely N-dealkylation sites (tertiary alicyclic amines) is 1. The van der Waals surface area contributed by atoms with Gasteiger partial charge < -0.3 is 10.6 Å². The summed E-state index contributed by atoms with van der Waals surface area (Å²) >= 11 is 0. The molecule has 1 aromatic rings. The van der Waals surface area contributed by atoms with Gasteiger partial charge in [0.05, 0.1) is 0 Å². The maximum atomic E-state index is 13.1. The summed E-state index contributed by atoms with van der Waals surface area (Å²) in [7, 11) is 0. The third-order valence-electron chi connectivity index (χ3n) is 4.10. The summed E-state index contributed by atoms with van der Waals surface area (Å²) in [5.41, 5.74) is 0.106. The molecule has 2 amide bonds. The van der Waals surface area contributed by atoms with Crippen LogP contribution < -0.4 is 10.6 Å². The number of hydrogen-bond acceptors (Lipinski definition) is 2. The molecule has 2 atom stereocenters. The molecule has 1 aromatic carbocycles. The lowest BCUT2D eigenvalue weighted by molar-refractivity contribution is 0.114. The summed E-state index contributed by atoms with van der Waals surface area (Å²) in [5.74, 6) is -1.43. The largest absolute Gasteiger partial charge is 0.336 e. The van der Waals surface area contributed by atoms with Gasteiger partial charge in [-0.1, -0.05) is 6.42 Å². The maximum Gasteiger partial charge on any atom is 0.319 e. The number of piperidine rings is 1. The van der Waals surface area contributed by atoms with E-state index in [0.29, 0.717) is 12.6 Å². The van der Waals surface area contributed by atoms with Crippen molar-refractivity contribution in [3.05, 3.63) is 29.8 Å². The van der Waals surface area contributed by atoms with Gasteiger partial charge in [0.15, 0.2) is 0 Å². The molecule has 1 aliphatic rings. The Morgan fingerprint density at radius 1 is 1.32 bits per heavy atom. The highest BCUT2D eigenvalue weighted by Crippen LogP contribution is 2.18. The molecule has 0 unspecified atom stereocenters. The van der Waals surface area contributed by atoms with Crippen molar-refractivity contribution in [1.29, 1.82) is 0 Å². The fourth-order valence-corrected chi connectivity index (χ4v) is 2.93. The van der Waals surface area contributed by atoms with Crippen molar-refractivity contribution >= 4 is 11.7 Å². The monoisotopic (exact) mass is 311 g/mol. The Labute approximate surface area is 129 Å². The molecule has 0 aromatic heterocycles. The van der Waals surface area contributed by atoms with E-state index in [0.717, 1.165) is 24.7 Å². The van der Waals surface area contributed by atoms with E-state index < -0.39 is 17.7 Å². The van der Waals surface area contributed by atoms with Gasteiger partial charge in [0.2, 0.25) is 0 Å². The highest BCUT2D eigenvalue weighted by molar-refractivity contribution is 5.89. The van der Waals surface area contributed by atoms with Crippen LogP contribution in [0.2, 0.25) is 0 Å². The summed E-state index contributed by atoms with van der Waals surface area (Å²) in [4.78, 5) is 14.2. The smallest absolute Gasteiger partial charge is 0.319 e. The molecule has 0 spiro atoms. The number of carbonyl (C=O) groups excluding carboxylic acids is 1. The van der Waals surface area contributed by atoms with E-state index in [4.69, 9.17) is 0 Å². The van der Waals surface area contributed by atoms with E-state index in [1.165, 1.54) is 19.3 Å². The summed E-state index contributed by atoms with van der Waals surface area (Å²) in [6.07, 6.45) is 3.62. The minimum Gasteiger partial charge on any atom is -0.336 e. The predicted molar refractivity (Wildman–Crippen MR) is 82.9 cm³/mol. The third kappa shape index (κ3) is 4.66. The van der Waals surface area contributed by atoms with Crippen LogP contribution >= 0.6 is 0 Å². The second-order valence-electron chi connectivity index (χ2n) is 5.92. The molecule has 0 aliphatic carbocycles. The van der Waals surface area contributed by atoms with Gasteiger partial charge in [-0.25, -0.2) is 13.6 Å². The number of anilines is 1. The number of urea groups is 1. The first-order valence-corrected chi connectivity index (χ1v) is 7.72. The fraction of sp³-hybridized carbons (Fsp3) is 0.562. The Morgan fingerprint density at radius 3 is 2.64 bits per heavy atom. The molecule has 1 aliphatic heterocycles. The molecule has 4 nitrogen and oxygen atoms in total. The first-order chi connectivity index (χ1) is 10.5. The van der Waals surface area contributed by atoms with Gasteiger partial charge in [0.25, 0.3) is 0 Å². The van der Waals surface area contributed by atoms with Crippen LogP contribution in [0.3, 0.4) is 0 Å². The van der Waals surface area contributed by atoms with E-state index in [9.17, 15) is 13.6 Å². The Kier molecular flexibility index (Phi) is 5.71. The number of rotatable bonds is 4. The zero-order valence-electron chi connectivity index (χ0n) is 13.0. The molecule has 1 heterocycles. The van der Waals surface area contributed by atoms with Crippen LogP contribution in [0, 0.1) is 11.6 Å². The summed E-state index contributed by atoms with van der Waals surface area (Å²) in [6, 6.07) is 3.22. The molecular formula is C16H23F2N3O. The zero-order chi connectivity index (χ0) is 16.1. The molecule has 122 valence electrons. The van der Waals surface area contributed by atoms with E-state index in [2.05, 4.69) is 29.4 Å². The molecule has 0 bridgehead atoms. The molecular weight excluding hydrogens is 288 g/mol. The van der Waals surface area contributed by atoms with Gasteiger partial charge in [-0.2, -0.15) is 0 Å². The minimum atomic E-state index is -0.717. The van der Waals surface area contributed by atoms with E-state index >= 15 is 0 Å². The lowest BCUT2D eigenvalue weighted by Gasteiger charge is -2.38. The highest BCUT2D eigenvalue weighted by atomic mass is 19.1. The van der Waals surface area contributed by atoms with Crippen LogP contribution in [0.15, 0.2) is 18.2 Å². The Balaban J connectivity index is 1.81. The van der Waals surface area contributed by atoms with Gasteiger partial charge in [0.1, 0.15) is 11.6 Å². The van der Waals surface area contributed by atoms with Crippen LogP contribution in [0.25, 0.3) is 0 Å². The first-order valence-electron chi connectivity index (χ1n) is 7.72. The van der Waals surface area contributed by atoms with Crippen molar-refractivity contribution in [2.75, 3.05) is 18.4 Å². The number of nitrogens with one attached hydrogen (secondary N) is 2. The van der Waals surface area contributed by atoms with E-state index in [-0.39, 0.29) is 11.7 Å². The molecule has 1 saturated heterocycles. The van der Waals surface area contributed by atoms with Crippen molar-refractivity contribution < 1.29 is 13.6 Å². The summed E-state index contributed by atoms with van der Waals surface area (Å²) in [6.45, 7) is 5.81. The number of nitrogens with zero attached hydrogens (tertiary/aromatic N) is 1. The van der Waals surface area contributed by atoms with Crippen LogP contribution in [0.5, 0.6) is 0 Å². The van der Waals surface area contributed by atoms with Crippen molar-refractivity contribution in [3.63, 3.8) is 0 Å². The van der Waals surface area contributed by atoms with Crippen molar-refractivity contribution in [1.82, 2.24) is 10.2 Å². The fourth-order valence-electron chi connectivity index (χ4n) is 2.93. The minimum absolute atomic E-state index is 0.106. The molecule has 0 saturated carbocycles.